The molecule has 0 aromatic carbocycles. The van der Waals surface area contributed by atoms with Crippen LogP contribution < -0.4 is 0 Å². The second-order valence-electron chi connectivity index (χ2n) is 10.3. The van der Waals surface area contributed by atoms with Crippen molar-refractivity contribution in [3.63, 3.8) is 0 Å². The summed E-state index contributed by atoms with van der Waals surface area (Å²) in [5.74, 6) is 0. The van der Waals surface area contributed by atoms with Crippen LogP contribution in [0.5, 0.6) is 0 Å². The van der Waals surface area contributed by atoms with Gasteiger partial charge in [0.05, 0.1) is 0 Å². The van der Waals surface area contributed by atoms with Gasteiger partial charge in [-0.25, -0.2) is 0 Å². The van der Waals surface area contributed by atoms with Crippen LogP contribution in [-0.4, -0.2) is 22.6 Å². The highest BCUT2D eigenvalue weighted by Crippen LogP contribution is 2.63. The molecule has 0 spiro atoms. The van der Waals surface area contributed by atoms with Crippen LogP contribution in [0.25, 0.3) is 0 Å². The van der Waals surface area contributed by atoms with Crippen molar-refractivity contribution in [3.05, 3.63) is 0 Å². The third-order valence-corrected chi connectivity index (χ3v) is 8.92. The molecule has 22 heavy (non-hydrogen) atoms. The molecule has 0 aliphatic heterocycles. The predicted molar refractivity (Wildman–Crippen MR) is 110 cm³/mol. The van der Waals surface area contributed by atoms with Crippen LogP contribution in [-0.2, 0) is 0 Å². The van der Waals surface area contributed by atoms with Crippen molar-refractivity contribution >= 4 is 17.2 Å². The molecule has 1 fully saturated rings. The summed E-state index contributed by atoms with van der Waals surface area (Å²) in [6.07, 6.45) is 4.41. The van der Waals surface area contributed by atoms with Gasteiger partial charge >= 0.3 is 0 Å². The Morgan fingerprint density at radius 1 is 0.727 bits per heavy atom. The van der Waals surface area contributed by atoms with Crippen LogP contribution in [0.2, 0.25) is 0 Å². The average Bonchev–Trinajstić information content (AvgIpc) is 2.23. The Balaban J connectivity index is 3.17. The normalized spacial score (nSPS) is 27.8. The van der Waals surface area contributed by atoms with Gasteiger partial charge in [-0.1, -0.05) is 69.2 Å². The summed E-state index contributed by atoms with van der Waals surface area (Å²) in [7, 11) is 2.30. The summed E-state index contributed by atoms with van der Waals surface area (Å²) in [5.41, 5.74) is 4.92. The zero-order valence-corrected chi connectivity index (χ0v) is 18.9. The largest absolute Gasteiger partial charge is 0.116 e. The van der Waals surface area contributed by atoms with Crippen molar-refractivity contribution in [1.82, 2.24) is 0 Å². The van der Waals surface area contributed by atoms with Crippen LogP contribution in [0.1, 0.15) is 88.5 Å². The topological polar surface area (TPSA) is 0 Å². The van der Waals surface area contributed by atoms with Gasteiger partial charge in [-0.15, -0.1) is 17.2 Å². The van der Waals surface area contributed by atoms with Gasteiger partial charge in [0, 0.05) is 0 Å². The molecule has 0 N–H and O–H groups in total. The van der Waals surface area contributed by atoms with E-state index in [1.165, 1.54) is 19.3 Å². The first kappa shape index (κ1) is 20.9. The second-order valence-corrected chi connectivity index (χ2v) is 14.9. The zero-order valence-electron chi connectivity index (χ0n) is 16.9. The fourth-order valence-electron chi connectivity index (χ4n) is 4.98. The molecule has 0 amide bonds. The van der Waals surface area contributed by atoms with Crippen molar-refractivity contribution < 1.29 is 0 Å². The van der Waals surface area contributed by atoms with E-state index in [2.05, 4.69) is 69.2 Å². The van der Waals surface area contributed by atoms with E-state index in [0.717, 1.165) is 39.8 Å². The number of hydrogen-bond acceptors (Lipinski definition) is 0. The van der Waals surface area contributed by atoms with E-state index in [0.29, 0.717) is 16.2 Å². The van der Waals surface area contributed by atoms with Gasteiger partial charge in [-0.05, 0) is 58.1 Å². The van der Waals surface area contributed by atoms with E-state index in [-0.39, 0.29) is 0 Å². The molecule has 0 aromatic heterocycles. The van der Waals surface area contributed by atoms with Crippen molar-refractivity contribution in [2.75, 3.05) is 0 Å². The maximum absolute atomic E-state index is 2.51. The SMILES string of the molecule is CC(C)PC1CC(PC(C)C)CC(C(C)(C)C)(C(C)(C)C)C1. The first-order valence-electron chi connectivity index (χ1n) is 9.30. The Kier molecular flexibility index (Phi) is 7.03. The molecule has 1 saturated carbocycles. The van der Waals surface area contributed by atoms with Gasteiger partial charge < -0.3 is 0 Å². The fraction of sp³-hybridized carbons (Fsp3) is 1.00. The quantitative estimate of drug-likeness (QED) is 0.475. The van der Waals surface area contributed by atoms with Gasteiger partial charge in [0.1, 0.15) is 0 Å². The maximum atomic E-state index is 2.51. The maximum Gasteiger partial charge on any atom is -0.0188 e. The van der Waals surface area contributed by atoms with Gasteiger partial charge in [-0.2, -0.15) is 0 Å². The van der Waals surface area contributed by atoms with Crippen LogP contribution in [0.15, 0.2) is 0 Å². The lowest BCUT2D eigenvalue weighted by atomic mass is 9.49. The lowest BCUT2D eigenvalue weighted by molar-refractivity contribution is -0.0606. The summed E-state index contributed by atoms with van der Waals surface area (Å²) >= 11 is 0. The minimum absolute atomic E-state index is 0.394. The van der Waals surface area contributed by atoms with E-state index in [4.69, 9.17) is 0 Å². The molecule has 0 bridgehead atoms. The van der Waals surface area contributed by atoms with Crippen LogP contribution in [0, 0.1) is 16.2 Å². The highest BCUT2D eigenvalue weighted by molar-refractivity contribution is 7.41. The Morgan fingerprint density at radius 2 is 1.05 bits per heavy atom. The third kappa shape index (κ3) is 4.93. The van der Waals surface area contributed by atoms with Crippen LogP contribution in [0.4, 0.5) is 0 Å². The van der Waals surface area contributed by atoms with Gasteiger partial charge in [0.15, 0.2) is 0 Å². The van der Waals surface area contributed by atoms with E-state index in [1.54, 1.807) is 0 Å². The summed E-state index contributed by atoms with van der Waals surface area (Å²) in [4.78, 5) is 0. The van der Waals surface area contributed by atoms with E-state index in [1.807, 2.05) is 0 Å². The average molecular weight is 345 g/mol. The van der Waals surface area contributed by atoms with Gasteiger partial charge in [0.25, 0.3) is 0 Å². The summed E-state index contributed by atoms with van der Waals surface area (Å²) in [6, 6.07) is 0. The minimum atomic E-state index is 0.394. The van der Waals surface area contributed by atoms with Crippen LogP contribution in [0.3, 0.4) is 0 Å². The third-order valence-electron chi connectivity index (χ3n) is 5.77. The Bertz CT molecular complexity index is 310. The molecule has 1 aliphatic rings. The first-order chi connectivity index (χ1) is 9.78. The standard InChI is InChI=1S/C20H42P2/c1-14(2)21-16-11-17(22-15(3)4)13-20(12-16,18(5,6)7)19(8,9)10/h14-17,21-22H,11-13H2,1-10H3. The Morgan fingerprint density at radius 3 is 1.27 bits per heavy atom. The molecule has 0 heterocycles. The van der Waals surface area contributed by atoms with Crippen molar-refractivity contribution in [3.8, 4) is 0 Å². The van der Waals surface area contributed by atoms with Gasteiger partial charge in [0.2, 0.25) is 0 Å². The summed E-state index contributed by atoms with van der Waals surface area (Å²) < 4.78 is 0. The highest BCUT2D eigenvalue weighted by atomic mass is 31.1. The fourth-order valence-corrected chi connectivity index (χ4v) is 8.88. The molecule has 1 aliphatic carbocycles. The summed E-state index contributed by atoms with van der Waals surface area (Å²) in [6.45, 7) is 24.7. The lowest BCUT2D eigenvalue weighted by Gasteiger charge is -2.59. The Labute approximate surface area is 144 Å². The molecule has 0 saturated heterocycles. The van der Waals surface area contributed by atoms with Crippen molar-refractivity contribution in [2.45, 2.75) is 111 Å². The van der Waals surface area contributed by atoms with Gasteiger partial charge in [-0.3, -0.25) is 0 Å². The van der Waals surface area contributed by atoms with Crippen molar-refractivity contribution in [2.24, 2.45) is 16.2 Å². The van der Waals surface area contributed by atoms with E-state index >= 15 is 0 Å². The van der Waals surface area contributed by atoms with E-state index in [9.17, 15) is 0 Å². The molecule has 0 aromatic rings. The summed E-state index contributed by atoms with van der Waals surface area (Å²) in [5, 5.41) is 0. The smallest absolute Gasteiger partial charge is 0.0188 e. The molecule has 4 atom stereocenters. The monoisotopic (exact) mass is 344 g/mol. The second kappa shape index (κ2) is 7.40. The predicted octanol–water partition coefficient (Wildman–Crippen LogP) is 7.16. The number of rotatable bonds is 4. The molecule has 132 valence electrons. The molecule has 1 rings (SSSR count). The Hall–Kier alpha value is 0.860. The molecular formula is C20H42P2. The minimum Gasteiger partial charge on any atom is -0.116 e. The first-order valence-corrected chi connectivity index (χ1v) is 11.6. The highest BCUT2D eigenvalue weighted by Gasteiger charge is 2.54. The molecule has 4 unspecified atom stereocenters. The zero-order chi connectivity index (χ0) is 17.3. The lowest BCUT2D eigenvalue weighted by Crippen LogP contribution is -2.52. The molecule has 0 radical (unpaired) electrons. The van der Waals surface area contributed by atoms with Crippen molar-refractivity contribution in [1.29, 1.82) is 0 Å². The molecular weight excluding hydrogens is 302 g/mol. The molecule has 0 nitrogen and oxygen atoms in total. The number of hydrogen-bond donors (Lipinski definition) is 0. The van der Waals surface area contributed by atoms with Crippen LogP contribution >= 0.6 is 17.2 Å². The van der Waals surface area contributed by atoms with E-state index < -0.39 is 0 Å². The molecule has 2 heteroatoms.